The number of aromatic nitrogens is 1. The molecule has 1 unspecified atom stereocenters. The minimum atomic E-state index is 0.242. The summed E-state index contributed by atoms with van der Waals surface area (Å²) in [4.78, 5) is 4.45. The predicted octanol–water partition coefficient (Wildman–Crippen LogP) is 3.80. The van der Waals surface area contributed by atoms with Crippen LogP contribution in [0.2, 0.25) is 0 Å². The van der Waals surface area contributed by atoms with E-state index in [1.807, 2.05) is 12.3 Å². The van der Waals surface area contributed by atoms with Gasteiger partial charge in [0.1, 0.15) is 0 Å². The van der Waals surface area contributed by atoms with E-state index in [1.165, 1.54) is 0 Å². The molecule has 0 aliphatic carbocycles. The molecular weight excluding hydrogens is 276 g/mol. The van der Waals surface area contributed by atoms with Crippen LogP contribution < -0.4 is 5.32 Å². The van der Waals surface area contributed by atoms with Gasteiger partial charge < -0.3 is 5.32 Å². The van der Waals surface area contributed by atoms with Gasteiger partial charge in [-0.25, -0.2) is 0 Å². The molecule has 0 saturated heterocycles. The van der Waals surface area contributed by atoms with Crippen LogP contribution in [0.5, 0.6) is 0 Å². The summed E-state index contributed by atoms with van der Waals surface area (Å²) in [6, 6.07) is 4.47. The Labute approximate surface area is 113 Å². The van der Waals surface area contributed by atoms with Gasteiger partial charge in [-0.1, -0.05) is 27.7 Å². The molecule has 1 rings (SSSR count). The largest absolute Gasteiger partial charge is 0.313 e. The second-order valence-electron chi connectivity index (χ2n) is 5.51. The third-order valence-corrected chi connectivity index (χ3v) is 3.64. The van der Waals surface area contributed by atoms with Crippen molar-refractivity contribution in [3.05, 3.63) is 28.5 Å². The summed E-state index contributed by atoms with van der Waals surface area (Å²) in [6.45, 7) is 10.1. The molecular formula is C14H23BrN2. The van der Waals surface area contributed by atoms with Crippen molar-refractivity contribution in [3.63, 3.8) is 0 Å². The second kappa shape index (κ2) is 6.50. The zero-order valence-electron chi connectivity index (χ0n) is 11.3. The summed E-state index contributed by atoms with van der Waals surface area (Å²) in [5.41, 5.74) is 1.38. The Hall–Kier alpha value is -0.410. The van der Waals surface area contributed by atoms with Crippen LogP contribution in [-0.4, -0.2) is 17.6 Å². The molecule has 1 heterocycles. The van der Waals surface area contributed by atoms with E-state index in [1.54, 1.807) is 0 Å². The van der Waals surface area contributed by atoms with Crippen LogP contribution in [-0.2, 0) is 6.42 Å². The average molecular weight is 299 g/mol. The standard InChI is InChI=1S/C14H23BrN2/c1-5-8-17-13(14(2,3)4)10-12-11(15)7-6-9-16-12/h6-7,9,13,17H,5,8,10H2,1-4H3. The summed E-state index contributed by atoms with van der Waals surface area (Å²) in [6.07, 6.45) is 3.99. The highest BCUT2D eigenvalue weighted by molar-refractivity contribution is 9.10. The van der Waals surface area contributed by atoms with E-state index in [-0.39, 0.29) is 5.41 Å². The zero-order chi connectivity index (χ0) is 12.9. The number of rotatable bonds is 5. The van der Waals surface area contributed by atoms with Crippen LogP contribution in [0, 0.1) is 5.41 Å². The van der Waals surface area contributed by atoms with Gasteiger partial charge in [-0.3, -0.25) is 4.98 Å². The Morgan fingerprint density at radius 1 is 1.41 bits per heavy atom. The molecule has 0 radical (unpaired) electrons. The first kappa shape index (κ1) is 14.7. The highest BCUT2D eigenvalue weighted by atomic mass is 79.9. The lowest BCUT2D eigenvalue weighted by Crippen LogP contribution is -2.42. The van der Waals surface area contributed by atoms with Crippen LogP contribution >= 0.6 is 15.9 Å². The summed E-state index contributed by atoms with van der Waals surface area (Å²) in [5.74, 6) is 0. The van der Waals surface area contributed by atoms with Crippen LogP contribution in [0.3, 0.4) is 0 Å². The number of hydrogen-bond donors (Lipinski definition) is 1. The van der Waals surface area contributed by atoms with Crippen LogP contribution in [0.25, 0.3) is 0 Å². The van der Waals surface area contributed by atoms with Gasteiger partial charge in [-0.15, -0.1) is 0 Å². The van der Waals surface area contributed by atoms with E-state index in [9.17, 15) is 0 Å². The lowest BCUT2D eigenvalue weighted by atomic mass is 9.84. The van der Waals surface area contributed by atoms with E-state index in [0.717, 1.165) is 29.6 Å². The summed E-state index contributed by atoms with van der Waals surface area (Å²) < 4.78 is 1.10. The molecule has 0 bridgehead atoms. The number of hydrogen-bond acceptors (Lipinski definition) is 2. The van der Waals surface area contributed by atoms with Gasteiger partial charge in [0.2, 0.25) is 0 Å². The van der Waals surface area contributed by atoms with E-state index in [4.69, 9.17) is 0 Å². The normalized spacial score (nSPS) is 13.7. The van der Waals surface area contributed by atoms with Gasteiger partial charge in [0.05, 0.1) is 5.69 Å². The van der Waals surface area contributed by atoms with Crippen molar-refractivity contribution >= 4 is 15.9 Å². The molecule has 0 saturated carbocycles. The van der Waals surface area contributed by atoms with Crippen LogP contribution in [0.15, 0.2) is 22.8 Å². The van der Waals surface area contributed by atoms with Crippen molar-refractivity contribution in [2.24, 2.45) is 5.41 Å². The van der Waals surface area contributed by atoms with E-state index in [2.05, 4.69) is 60.0 Å². The molecule has 1 aromatic rings. The maximum atomic E-state index is 4.45. The lowest BCUT2D eigenvalue weighted by molar-refractivity contribution is 0.265. The van der Waals surface area contributed by atoms with Gasteiger partial charge in [0, 0.05) is 23.1 Å². The lowest BCUT2D eigenvalue weighted by Gasteiger charge is -2.31. The van der Waals surface area contributed by atoms with Crippen molar-refractivity contribution in [2.75, 3.05) is 6.54 Å². The van der Waals surface area contributed by atoms with Crippen molar-refractivity contribution in [2.45, 2.75) is 46.6 Å². The Morgan fingerprint density at radius 3 is 2.65 bits per heavy atom. The fourth-order valence-electron chi connectivity index (χ4n) is 1.77. The Kier molecular flexibility index (Phi) is 5.60. The van der Waals surface area contributed by atoms with E-state index < -0.39 is 0 Å². The maximum Gasteiger partial charge on any atom is 0.0561 e. The average Bonchev–Trinajstić information content (AvgIpc) is 2.25. The summed E-state index contributed by atoms with van der Waals surface area (Å²) >= 11 is 3.57. The summed E-state index contributed by atoms with van der Waals surface area (Å²) in [7, 11) is 0. The number of nitrogens with zero attached hydrogens (tertiary/aromatic N) is 1. The second-order valence-corrected chi connectivity index (χ2v) is 6.36. The van der Waals surface area contributed by atoms with E-state index in [0.29, 0.717) is 6.04 Å². The Balaban J connectivity index is 2.76. The molecule has 3 heteroatoms. The highest BCUT2D eigenvalue weighted by Crippen LogP contribution is 2.24. The predicted molar refractivity (Wildman–Crippen MR) is 77.2 cm³/mol. The fraction of sp³-hybridized carbons (Fsp3) is 0.643. The fourth-order valence-corrected chi connectivity index (χ4v) is 2.18. The van der Waals surface area contributed by atoms with Crippen molar-refractivity contribution in [1.82, 2.24) is 10.3 Å². The van der Waals surface area contributed by atoms with Gasteiger partial charge in [-0.05, 0) is 46.4 Å². The first-order chi connectivity index (χ1) is 7.95. The molecule has 2 nitrogen and oxygen atoms in total. The van der Waals surface area contributed by atoms with Gasteiger partial charge in [-0.2, -0.15) is 0 Å². The topological polar surface area (TPSA) is 24.9 Å². The molecule has 1 atom stereocenters. The van der Waals surface area contributed by atoms with Crippen LogP contribution in [0.4, 0.5) is 0 Å². The van der Waals surface area contributed by atoms with Crippen molar-refractivity contribution in [1.29, 1.82) is 0 Å². The summed E-state index contributed by atoms with van der Waals surface area (Å²) in [5, 5.41) is 3.62. The van der Waals surface area contributed by atoms with Gasteiger partial charge in [0.25, 0.3) is 0 Å². The van der Waals surface area contributed by atoms with E-state index >= 15 is 0 Å². The van der Waals surface area contributed by atoms with Crippen molar-refractivity contribution in [3.8, 4) is 0 Å². The molecule has 0 aromatic carbocycles. The Bertz CT molecular complexity index is 344. The minimum Gasteiger partial charge on any atom is -0.313 e. The minimum absolute atomic E-state index is 0.242. The molecule has 0 amide bonds. The molecule has 1 N–H and O–H groups in total. The molecule has 0 aliphatic heterocycles. The highest BCUT2D eigenvalue weighted by Gasteiger charge is 2.25. The monoisotopic (exact) mass is 298 g/mol. The molecule has 96 valence electrons. The number of nitrogens with one attached hydrogen (secondary N) is 1. The SMILES string of the molecule is CCCNC(Cc1ncccc1Br)C(C)(C)C. The van der Waals surface area contributed by atoms with Gasteiger partial charge in [0.15, 0.2) is 0 Å². The Morgan fingerprint density at radius 2 is 2.12 bits per heavy atom. The van der Waals surface area contributed by atoms with Crippen LogP contribution in [0.1, 0.15) is 39.8 Å². The molecule has 0 aliphatic rings. The molecule has 17 heavy (non-hydrogen) atoms. The van der Waals surface area contributed by atoms with Crippen molar-refractivity contribution < 1.29 is 0 Å². The third kappa shape index (κ3) is 4.76. The third-order valence-electron chi connectivity index (χ3n) is 2.92. The maximum absolute atomic E-state index is 4.45. The molecule has 1 aromatic heterocycles. The number of pyridine rings is 1. The van der Waals surface area contributed by atoms with Gasteiger partial charge >= 0.3 is 0 Å². The zero-order valence-corrected chi connectivity index (χ0v) is 12.8. The first-order valence-electron chi connectivity index (χ1n) is 6.28. The quantitative estimate of drug-likeness (QED) is 0.894. The smallest absolute Gasteiger partial charge is 0.0561 e. The molecule has 0 spiro atoms. The molecule has 0 fully saturated rings. The number of halogens is 1. The first-order valence-corrected chi connectivity index (χ1v) is 7.07.